The van der Waals surface area contributed by atoms with Crippen LogP contribution in [0.25, 0.3) is 0 Å². The average Bonchev–Trinajstić information content (AvgIpc) is 2.40. The zero-order chi connectivity index (χ0) is 13.9. The molecule has 0 saturated carbocycles. The Hall–Kier alpha value is -1.75. The minimum absolute atomic E-state index is 0.0158. The molecule has 0 aliphatic carbocycles. The van der Waals surface area contributed by atoms with Gasteiger partial charge in [-0.2, -0.15) is 0 Å². The summed E-state index contributed by atoms with van der Waals surface area (Å²) >= 11 is 0. The van der Waals surface area contributed by atoms with Gasteiger partial charge in [0.2, 0.25) is 5.91 Å². The second kappa shape index (κ2) is 5.48. The second-order valence-electron chi connectivity index (χ2n) is 5.06. The number of piperidine rings is 1. The van der Waals surface area contributed by atoms with Crippen molar-refractivity contribution in [1.29, 1.82) is 0 Å². The Bertz CT molecular complexity index is 468. The summed E-state index contributed by atoms with van der Waals surface area (Å²) in [7, 11) is 1.49. The fraction of sp³-hybridized carbons (Fsp3) is 0.500. The van der Waals surface area contributed by atoms with Crippen molar-refractivity contribution in [3.05, 3.63) is 18.2 Å². The second-order valence-corrected chi connectivity index (χ2v) is 5.06. The lowest BCUT2D eigenvalue weighted by atomic mass is 9.90. The van der Waals surface area contributed by atoms with Crippen LogP contribution in [0, 0.1) is 0 Å². The Balaban J connectivity index is 2.08. The van der Waals surface area contributed by atoms with E-state index in [1.54, 1.807) is 12.1 Å². The van der Waals surface area contributed by atoms with Gasteiger partial charge in [-0.05, 0) is 44.9 Å². The zero-order valence-corrected chi connectivity index (χ0v) is 11.3. The molecule has 2 rings (SSSR count). The van der Waals surface area contributed by atoms with Crippen LogP contribution in [0.5, 0.6) is 11.5 Å². The van der Waals surface area contributed by atoms with Gasteiger partial charge in [0.25, 0.3) is 0 Å². The minimum atomic E-state index is -0.534. The summed E-state index contributed by atoms with van der Waals surface area (Å²) in [6, 6.07) is 4.83. The van der Waals surface area contributed by atoms with Crippen LogP contribution in [0.3, 0.4) is 0 Å². The number of aromatic hydroxyl groups is 1. The average molecular weight is 264 g/mol. The van der Waals surface area contributed by atoms with Crippen LogP contribution in [-0.2, 0) is 4.79 Å². The summed E-state index contributed by atoms with van der Waals surface area (Å²) in [5.74, 6) is 0.332. The maximum Gasteiger partial charge on any atom is 0.244 e. The van der Waals surface area contributed by atoms with Crippen LogP contribution in [-0.4, -0.2) is 30.2 Å². The van der Waals surface area contributed by atoms with Crippen molar-refractivity contribution in [2.24, 2.45) is 0 Å². The normalized spacial score (nSPS) is 22.8. The molecule has 1 heterocycles. The summed E-state index contributed by atoms with van der Waals surface area (Å²) in [5.41, 5.74) is 0.0326. The molecule has 19 heavy (non-hydrogen) atoms. The molecule has 1 aromatic rings. The Morgan fingerprint density at radius 3 is 2.84 bits per heavy atom. The number of phenolic OH excluding ortho intramolecular Hbond substituents is 1. The fourth-order valence-corrected chi connectivity index (χ4v) is 2.29. The molecule has 1 unspecified atom stereocenters. The molecule has 1 aromatic carbocycles. The molecule has 5 heteroatoms. The molecular weight excluding hydrogens is 244 g/mol. The Morgan fingerprint density at radius 1 is 1.47 bits per heavy atom. The number of anilines is 1. The molecule has 1 saturated heterocycles. The van der Waals surface area contributed by atoms with Crippen LogP contribution in [0.2, 0.25) is 0 Å². The van der Waals surface area contributed by atoms with Crippen LogP contribution < -0.4 is 15.4 Å². The first-order valence-electron chi connectivity index (χ1n) is 6.49. The summed E-state index contributed by atoms with van der Waals surface area (Å²) in [6.45, 7) is 2.77. The molecule has 1 aliphatic rings. The van der Waals surface area contributed by atoms with Crippen LogP contribution in [0.1, 0.15) is 26.2 Å². The van der Waals surface area contributed by atoms with Gasteiger partial charge in [-0.3, -0.25) is 4.79 Å². The van der Waals surface area contributed by atoms with Crippen molar-refractivity contribution >= 4 is 11.6 Å². The lowest BCUT2D eigenvalue weighted by Gasteiger charge is -2.33. The molecule has 1 aliphatic heterocycles. The van der Waals surface area contributed by atoms with Gasteiger partial charge >= 0.3 is 0 Å². The number of methoxy groups -OCH3 is 1. The smallest absolute Gasteiger partial charge is 0.244 e. The number of benzene rings is 1. The fourth-order valence-electron chi connectivity index (χ4n) is 2.29. The summed E-state index contributed by atoms with van der Waals surface area (Å²) in [6.07, 6.45) is 2.97. The first kappa shape index (κ1) is 13.7. The van der Waals surface area contributed by atoms with E-state index in [1.165, 1.54) is 13.2 Å². The van der Waals surface area contributed by atoms with Crippen molar-refractivity contribution in [2.75, 3.05) is 19.0 Å². The van der Waals surface area contributed by atoms with E-state index in [-0.39, 0.29) is 11.7 Å². The van der Waals surface area contributed by atoms with Crippen molar-refractivity contribution in [2.45, 2.75) is 31.7 Å². The van der Waals surface area contributed by atoms with E-state index >= 15 is 0 Å². The van der Waals surface area contributed by atoms with E-state index in [1.807, 2.05) is 6.92 Å². The predicted molar refractivity (Wildman–Crippen MR) is 73.5 cm³/mol. The van der Waals surface area contributed by atoms with Gasteiger partial charge < -0.3 is 20.5 Å². The minimum Gasteiger partial charge on any atom is -0.504 e. The third kappa shape index (κ3) is 2.98. The van der Waals surface area contributed by atoms with Gasteiger partial charge in [0, 0.05) is 11.8 Å². The number of hydrogen-bond donors (Lipinski definition) is 3. The summed E-state index contributed by atoms with van der Waals surface area (Å²) < 4.78 is 4.97. The van der Waals surface area contributed by atoms with Crippen LogP contribution >= 0.6 is 0 Å². The molecule has 3 N–H and O–H groups in total. The highest BCUT2D eigenvalue weighted by molar-refractivity contribution is 5.98. The molecule has 0 spiro atoms. The van der Waals surface area contributed by atoms with Gasteiger partial charge in [-0.15, -0.1) is 0 Å². The highest BCUT2D eigenvalue weighted by atomic mass is 16.5. The molecule has 0 radical (unpaired) electrons. The number of ether oxygens (including phenoxy) is 1. The molecule has 0 aromatic heterocycles. The number of amides is 1. The van der Waals surface area contributed by atoms with Gasteiger partial charge in [0.15, 0.2) is 11.5 Å². The summed E-state index contributed by atoms with van der Waals surface area (Å²) in [5, 5.41) is 15.8. The van der Waals surface area contributed by atoms with Gasteiger partial charge in [-0.25, -0.2) is 0 Å². The Kier molecular flexibility index (Phi) is 3.95. The van der Waals surface area contributed by atoms with Crippen molar-refractivity contribution < 1.29 is 14.6 Å². The SMILES string of the molecule is COc1ccc(NC(=O)C2(C)CCCCN2)cc1O. The largest absolute Gasteiger partial charge is 0.504 e. The highest BCUT2D eigenvalue weighted by Gasteiger charge is 2.34. The van der Waals surface area contributed by atoms with Crippen molar-refractivity contribution in [3.8, 4) is 11.5 Å². The summed E-state index contributed by atoms with van der Waals surface area (Å²) in [4.78, 5) is 12.3. The Morgan fingerprint density at radius 2 is 2.26 bits per heavy atom. The topological polar surface area (TPSA) is 70.6 Å². The van der Waals surface area contributed by atoms with E-state index in [0.717, 1.165) is 25.8 Å². The number of hydrogen-bond acceptors (Lipinski definition) is 4. The highest BCUT2D eigenvalue weighted by Crippen LogP contribution is 2.29. The van der Waals surface area contributed by atoms with Crippen molar-refractivity contribution in [1.82, 2.24) is 5.32 Å². The maximum absolute atomic E-state index is 12.3. The third-order valence-corrected chi connectivity index (χ3v) is 3.56. The molecular formula is C14H20N2O3. The predicted octanol–water partition coefficient (Wildman–Crippen LogP) is 1.87. The first-order valence-corrected chi connectivity index (χ1v) is 6.49. The van der Waals surface area contributed by atoms with Gasteiger partial charge in [-0.1, -0.05) is 0 Å². The Labute approximate surface area is 113 Å². The van der Waals surface area contributed by atoms with E-state index in [2.05, 4.69) is 10.6 Å². The van der Waals surface area contributed by atoms with E-state index in [4.69, 9.17) is 4.74 Å². The van der Waals surface area contributed by atoms with E-state index < -0.39 is 5.54 Å². The number of phenols is 1. The van der Waals surface area contributed by atoms with E-state index in [9.17, 15) is 9.90 Å². The molecule has 1 amide bonds. The quantitative estimate of drug-likeness (QED) is 0.779. The van der Waals surface area contributed by atoms with E-state index in [0.29, 0.717) is 11.4 Å². The maximum atomic E-state index is 12.3. The lowest BCUT2D eigenvalue weighted by molar-refractivity contribution is -0.122. The standard InChI is InChI=1S/C14H20N2O3/c1-14(7-3-4-8-15-14)13(18)16-10-5-6-12(19-2)11(17)9-10/h5-6,9,15,17H,3-4,7-8H2,1-2H3,(H,16,18). The van der Waals surface area contributed by atoms with Crippen LogP contribution in [0.15, 0.2) is 18.2 Å². The van der Waals surface area contributed by atoms with Gasteiger partial charge in [0.1, 0.15) is 0 Å². The number of carbonyl (C=O) groups excluding carboxylic acids is 1. The zero-order valence-electron chi connectivity index (χ0n) is 11.3. The van der Waals surface area contributed by atoms with Crippen molar-refractivity contribution in [3.63, 3.8) is 0 Å². The molecule has 104 valence electrons. The molecule has 5 nitrogen and oxygen atoms in total. The third-order valence-electron chi connectivity index (χ3n) is 3.56. The number of nitrogens with one attached hydrogen (secondary N) is 2. The first-order chi connectivity index (χ1) is 9.05. The molecule has 1 fully saturated rings. The van der Waals surface area contributed by atoms with Gasteiger partial charge in [0.05, 0.1) is 12.6 Å². The molecule has 0 bridgehead atoms. The number of carbonyl (C=O) groups is 1. The van der Waals surface area contributed by atoms with Crippen LogP contribution in [0.4, 0.5) is 5.69 Å². The monoisotopic (exact) mass is 264 g/mol. The lowest BCUT2D eigenvalue weighted by Crippen LogP contribution is -2.54. The molecule has 1 atom stereocenters. The number of rotatable bonds is 3.